The Morgan fingerprint density at radius 2 is 2.00 bits per heavy atom. The lowest BCUT2D eigenvalue weighted by atomic mass is 10.3. The van der Waals surface area contributed by atoms with E-state index in [2.05, 4.69) is 5.32 Å². The summed E-state index contributed by atoms with van der Waals surface area (Å²) in [5.41, 5.74) is 0.319. The van der Waals surface area contributed by atoms with Gasteiger partial charge in [0, 0.05) is 13.1 Å². The number of anilines is 1. The molecule has 0 aromatic heterocycles. The number of urea groups is 1. The van der Waals surface area contributed by atoms with E-state index in [1.165, 1.54) is 11.0 Å². The van der Waals surface area contributed by atoms with Gasteiger partial charge < -0.3 is 5.32 Å². The number of hydrogen-bond donors (Lipinski definition) is 2. The second-order valence-electron chi connectivity index (χ2n) is 3.40. The van der Waals surface area contributed by atoms with Gasteiger partial charge in [0.15, 0.2) is 0 Å². The van der Waals surface area contributed by atoms with Crippen LogP contribution in [0.4, 0.5) is 10.5 Å². The van der Waals surface area contributed by atoms with Crippen molar-refractivity contribution in [2.24, 2.45) is 5.14 Å². The van der Waals surface area contributed by atoms with E-state index in [0.717, 1.165) is 0 Å². The Hall–Kier alpha value is -1.60. The van der Waals surface area contributed by atoms with Crippen molar-refractivity contribution in [3.8, 4) is 0 Å². The number of carbonyl (C=O) groups is 1. The first kappa shape index (κ1) is 10.9. The molecule has 0 bridgehead atoms. The Kier molecular flexibility index (Phi) is 2.56. The molecule has 1 heterocycles. The van der Waals surface area contributed by atoms with E-state index in [9.17, 15) is 13.2 Å². The van der Waals surface area contributed by atoms with Gasteiger partial charge in [-0.25, -0.2) is 18.4 Å². The number of carbonyl (C=O) groups excluding carboxylic acids is 1. The van der Waals surface area contributed by atoms with E-state index < -0.39 is 10.0 Å². The molecule has 7 heteroatoms. The van der Waals surface area contributed by atoms with Gasteiger partial charge in [-0.3, -0.25) is 4.90 Å². The smallest absolute Gasteiger partial charge is 0.322 e. The van der Waals surface area contributed by atoms with E-state index in [4.69, 9.17) is 5.14 Å². The second-order valence-corrected chi connectivity index (χ2v) is 4.93. The number of nitrogens with zero attached hydrogens (tertiary/aromatic N) is 1. The van der Waals surface area contributed by atoms with Crippen molar-refractivity contribution in [2.45, 2.75) is 4.90 Å². The van der Waals surface area contributed by atoms with Gasteiger partial charge in [-0.15, -0.1) is 0 Å². The molecule has 6 nitrogen and oxygen atoms in total. The number of hydrogen-bond acceptors (Lipinski definition) is 3. The molecular weight excluding hydrogens is 230 g/mol. The fourth-order valence-corrected chi connectivity index (χ4v) is 2.36. The average Bonchev–Trinajstić information content (AvgIpc) is 2.63. The molecule has 0 radical (unpaired) electrons. The first-order chi connectivity index (χ1) is 7.50. The molecule has 0 saturated carbocycles. The Morgan fingerprint density at radius 3 is 2.56 bits per heavy atom. The van der Waals surface area contributed by atoms with Crippen molar-refractivity contribution in [2.75, 3.05) is 18.0 Å². The summed E-state index contributed by atoms with van der Waals surface area (Å²) in [5, 5.41) is 7.68. The molecule has 3 N–H and O–H groups in total. The normalized spacial score (nSPS) is 16.3. The molecule has 1 aliphatic heterocycles. The standard InChI is InChI=1S/C9H11N3O3S/c10-16(14,15)8-4-2-1-3-7(8)12-6-5-11-9(12)13/h1-4H,5-6H2,(H,11,13)(H2,10,14,15). The summed E-state index contributed by atoms with van der Waals surface area (Å²) in [6.45, 7) is 0.934. The molecule has 2 amide bonds. The van der Waals surface area contributed by atoms with Crippen molar-refractivity contribution >= 4 is 21.7 Å². The zero-order valence-electron chi connectivity index (χ0n) is 8.38. The first-order valence-corrected chi connectivity index (χ1v) is 6.22. The first-order valence-electron chi connectivity index (χ1n) is 4.67. The Labute approximate surface area is 93.1 Å². The van der Waals surface area contributed by atoms with Gasteiger partial charge >= 0.3 is 6.03 Å². The maximum absolute atomic E-state index is 11.4. The van der Waals surface area contributed by atoms with Gasteiger partial charge in [-0.2, -0.15) is 0 Å². The number of nitrogens with two attached hydrogens (primary N) is 1. The Morgan fingerprint density at radius 1 is 1.31 bits per heavy atom. The minimum Gasteiger partial charge on any atom is -0.336 e. The van der Waals surface area contributed by atoms with Crippen molar-refractivity contribution in [3.63, 3.8) is 0 Å². The molecule has 1 aromatic rings. The third-order valence-electron chi connectivity index (χ3n) is 2.32. The topological polar surface area (TPSA) is 92.5 Å². The monoisotopic (exact) mass is 241 g/mol. The molecule has 86 valence electrons. The van der Waals surface area contributed by atoms with Gasteiger partial charge in [-0.05, 0) is 12.1 Å². The van der Waals surface area contributed by atoms with E-state index in [1.54, 1.807) is 18.2 Å². The molecule has 2 rings (SSSR count). The zero-order chi connectivity index (χ0) is 11.8. The molecule has 0 unspecified atom stereocenters. The number of rotatable bonds is 2. The van der Waals surface area contributed by atoms with Crippen molar-refractivity contribution in [1.29, 1.82) is 0 Å². The lowest BCUT2D eigenvalue weighted by molar-refractivity contribution is 0.252. The minimum absolute atomic E-state index is 0.0351. The maximum Gasteiger partial charge on any atom is 0.322 e. The van der Waals surface area contributed by atoms with Crippen molar-refractivity contribution in [3.05, 3.63) is 24.3 Å². The van der Waals surface area contributed by atoms with Crippen LogP contribution in [0.3, 0.4) is 0 Å². The van der Waals surface area contributed by atoms with Crippen molar-refractivity contribution in [1.82, 2.24) is 5.32 Å². The van der Waals surface area contributed by atoms with Crippen LogP contribution in [0.5, 0.6) is 0 Å². The van der Waals surface area contributed by atoms with Crippen LogP contribution in [0, 0.1) is 0 Å². The Bertz CT molecular complexity index is 527. The molecule has 0 atom stereocenters. The quantitative estimate of drug-likeness (QED) is 0.755. The molecule has 1 aromatic carbocycles. The highest BCUT2D eigenvalue weighted by Gasteiger charge is 2.26. The third kappa shape index (κ3) is 1.86. The number of sulfonamides is 1. The summed E-state index contributed by atoms with van der Waals surface area (Å²) >= 11 is 0. The average molecular weight is 241 g/mol. The van der Waals surface area contributed by atoms with Crippen LogP contribution in [0.15, 0.2) is 29.2 Å². The summed E-state index contributed by atoms with van der Waals surface area (Å²) in [6, 6.07) is 5.87. The molecule has 16 heavy (non-hydrogen) atoms. The summed E-state index contributed by atoms with van der Waals surface area (Å²) in [4.78, 5) is 12.8. The Balaban J connectivity index is 2.53. The maximum atomic E-state index is 11.4. The van der Waals surface area contributed by atoms with Gasteiger partial charge in [-0.1, -0.05) is 12.1 Å². The highest BCUT2D eigenvalue weighted by Crippen LogP contribution is 2.24. The van der Waals surface area contributed by atoms with E-state index in [-0.39, 0.29) is 10.9 Å². The highest BCUT2D eigenvalue weighted by molar-refractivity contribution is 7.89. The predicted octanol–water partition coefficient (Wildman–Crippen LogP) is -0.136. The largest absolute Gasteiger partial charge is 0.336 e. The summed E-state index contributed by atoms with van der Waals surface area (Å²) in [7, 11) is -3.82. The van der Waals surface area contributed by atoms with Crippen LogP contribution in [-0.4, -0.2) is 27.5 Å². The number of primary sulfonamides is 1. The number of amides is 2. The van der Waals surface area contributed by atoms with E-state index >= 15 is 0 Å². The SMILES string of the molecule is NS(=O)(=O)c1ccccc1N1CCNC1=O. The zero-order valence-corrected chi connectivity index (χ0v) is 9.20. The van der Waals surface area contributed by atoms with Crippen LogP contribution in [0.25, 0.3) is 0 Å². The van der Waals surface area contributed by atoms with Gasteiger partial charge in [0.1, 0.15) is 4.90 Å². The fraction of sp³-hybridized carbons (Fsp3) is 0.222. The minimum atomic E-state index is -3.82. The lowest BCUT2D eigenvalue weighted by Gasteiger charge is -2.16. The highest BCUT2D eigenvalue weighted by atomic mass is 32.2. The van der Waals surface area contributed by atoms with E-state index in [0.29, 0.717) is 18.8 Å². The summed E-state index contributed by atoms with van der Waals surface area (Å²) in [6.07, 6.45) is 0. The van der Waals surface area contributed by atoms with Crippen LogP contribution in [0.2, 0.25) is 0 Å². The fourth-order valence-electron chi connectivity index (χ4n) is 1.62. The van der Waals surface area contributed by atoms with Crippen LogP contribution >= 0.6 is 0 Å². The van der Waals surface area contributed by atoms with Crippen molar-refractivity contribution < 1.29 is 13.2 Å². The number of benzene rings is 1. The molecule has 0 spiro atoms. The van der Waals surface area contributed by atoms with Crippen LogP contribution in [0.1, 0.15) is 0 Å². The number of para-hydroxylation sites is 1. The van der Waals surface area contributed by atoms with E-state index in [1.807, 2.05) is 0 Å². The molecule has 0 aliphatic carbocycles. The summed E-state index contributed by atoms with van der Waals surface area (Å²) in [5.74, 6) is 0. The van der Waals surface area contributed by atoms with Crippen LogP contribution < -0.4 is 15.4 Å². The van der Waals surface area contributed by atoms with Gasteiger partial charge in [0.05, 0.1) is 5.69 Å². The summed E-state index contributed by atoms with van der Waals surface area (Å²) < 4.78 is 22.7. The second kappa shape index (κ2) is 3.76. The number of nitrogens with one attached hydrogen (secondary N) is 1. The van der Waals surface area contributed by atoms with Crippen LogP contribution in [-0.2, 0) is 10.0 Å². The molecule has 1 fully saturated rings. The lowest BCUT2D eigenvalue weighted by Crippen LogP contribution is -2.29. The molecule has 1 saturated heterocycles. The van der Waals surface area contributed by atoms with Gasteiger partial charge in [0.2, 0.25) is 10.0 Å². The molecular formula is C9H11N3O3S. The third-order valence-corrected chi connectivity index (χ3v) is 3.28. The molecule has 1 aliphatic rings. The predicted molar refractivity (Wildman–Crippen MR) is 58.6 cm³/mol. The van der Waals surface area contributed by atoms with Gasteiger partial charge in [0.25, 0.3) is 0 Å².